The fourth-order valence-electron chi connectivity index (χ4n) is 5.19. The highest BCUT2D eigenvalue weighted by molar-refractivity contribution is 7.89. The van der Waals surface area contributed by atoms with Crippen LogP contribution in [0.15, 0.2) is 83.8 Å². The summed E-state index contributed by atoms with van der Waals surface area (Å²) >= 11 is 0. The second-order valence-electron chi connectivity index (χ2n) is 10.4. The molecule has 210 valence electrons. The van der Waals surface area contributed by atoms with Gasteiger partial charge >= 0.3 is 0 Å². The first-order valence-electron chi connectivity index (χ1n) is 13.9. The number of aromatic nitrogens is 2. The van der Waals surface area contributed by atoms with Gasteiger partial charge in [-0.15, -0.1) is 0 Å². The Morgan fingerprint density at radius 3 is 2.20 bits per heavy atom. The van der Waals surface area contributed by atoms with Crippen LogP contribution >= 0.6 is 0 Å². The van der Waals surface area contributed by atoms with Crippen molar-refractivity contribution >= 4 is 32.7 Å². The van der Waals surface area contributed by atoms with Crippen LogP contribution in [0.2, 0.25) is 0 Å². The number of nitrogens with one attached hydrogen (secondary N) is 3. The molecule has 5 rings (SSSR count). The summed E-state index contributed by atoms with van der Waals surface area (Å²) < 4.78 is 33.1. The molecule has 1 aliphatic rings. The minimum absolute atomic E-state index is 0.317. The van der Waals surface area contributed by atoms with Crippen molar-refractivity contribution in [3.8, 4) is 5.75 Å². The van der Waals surface area contributed by atoms with Crippen molar-refractivity contribution in [2.45, 2.75) is 37.0 Å². The van der Waals surface area contributed by atoms with Crippen molar-refractivity contribution in [1.29, 1.82) is 0 Å². The van der Waals surface area contributed by atoms with Crippen molar-refractivity contribution in [1.82, 2.24) is 14.7 Å². The van der Waals surface area contributed by atoms with Crippen LogP contribution in [0.5, 0.6) is 5.75 Å². The number of hydrogen-bond acceptors (Lipinski definition) is 7. The molecule has 1 fully saturated rings. The van der Waals surface area contributed by atoms with Gasteiger partial charge in [-0.05, 0) is 85.9 Å². The molecule has 0 spiro atoms. The fraction of sp³-hybridized carbons (Fsp3) is 0.355. The molecule has 1 saturated carbocycles. The van der Waals surface area contributed by atoms with Gasteiger partial charge in [0.15, 0.2) is 0 Å². The molecule has 4 aromatic rings. The first kappa shape index (κ1) is 27.9. The van der Waals surface area contributed by atoms with Crippen molar-refractivity contribution in [3.05, 3.63) is 84.4 Å². The fourth-order valence-corrected chi connectivity index (χ4v) is 6.33. The SMILES string of the molecule is COc1ccc(CCNc2nc(NCC3CCC(CNS(=O)(=O)c4ccccc4)CC3)nc3ccccc23)cc1. The third-order valence-corrected chi connectivity index (χ3v) is 9.04. The second-order valence-corrected chi connectivity index (χ2v) is 12.1. The van der Waals surface area contributed by atoms with Crippen LogP contribution in [0, 0.1) is 11.8 Å². The number of nitrogens with zero attached hydrogens (tertiary/aromatic N) is 2. The average Bonchev–Trinajstić information content (AvgIpc) is 3.00. The Morgan fingerprint density at radius 1 is 0.800 bits per heavy atom. The van der Waals surface area contributed by atoms with Crippen molar-refractivity contribution in [3.63, 3.8) is 0 Å². The molecule has 0 radical (unpaired) electrons. The third-order valence-electron chi connectivity index (χ3n) is 7.60. The molecule has 3 N–H and O–H groups in total. The second kappa shape index (κ2) is 13.1. The van der Waals surface area contributed by atoms with Gasteiger partial charge in [0, 0.05) is 25.0 Å². The number of fused-ring (bicyclic) bond motifs is 1. The van der Waals surface area contributed by atoms with E-state index >= 15 is 0 Å². The number of ether oxygens (including phenoxy) is 1. The van der Waals surface area contributed by atoms with Crippen LogP contribution in [0.3, 0.4) is 0 Å². The van der Waals surface area contributed by atoms with Gasteiger partial charge in [-0.25, -0.2) is 18.1 Å². The average molecular weight is 560 g/mol. The summed E-state index contributed by atoms with van der Waals surface area (Å²) in [5.41, 5.74) is 2.13. The molecule has 0 aliphatic heterocycles. The molecule has 1 aromatic heterocycles. The van der Waals surface area contributed by atoms with Gasteiger partial charge in [-0.2, -0.15) is 4.98 Å². The number of anilines is 2. The Morgan fingerprint density at radius 2 is 1.48 bits per heavy atom. The van der Waals surface area contributed by atoms with Crippen LogP contribution < -0.4 is 20.1 Å². The Balaban J connectivity index is 1.12. The van der Waals surface area contributed by atoms with Crippen LogP contribution in [0.1, 0.15) is 31.2 Å². The maximum atomic E-state index is 12.5. The Hall–Kier alpha value is -3.69. The zero-order valence-electron chi connectivity index (χ0n) is 22.8. The van der Waals surface area contributed by atoms with Gasteiger partial charge in [-0.1, -0.05) is 42.5 Å². The van der Waals surface area contributed by atoms with Crippen LogP contribution in [-0.2, 0) is 16.4 Å². The van der Waals surface area contributed by atoms with Gasteiger partial charge in [0.2, 0.25) is 16.0 Å². The quantitative estimate of drug-likeness (QED) is 0.211. The van der Waals surface area contributed by atoms with Crippen molar-refractivity contribution in [2.24, 2.45) is 11.8 Å². The van der Waals surface area contributed by atoms with Gasteiger partial charge < -0.3 is 15.4 Å². The number of rotatable bonds is 12. The first-order valence-corrected chi connectivity index (χ1v) is 15.4. The zero-order valence-corrected chi connectivity index (χ0v) is 23.7. The summed E-state index contributed by atoms with van der Waals surface area (Å²) in [5.74, 6) is 3.17. The summed E-state index contributed by atoms with van der Waals surface area (Å²) in [6.45, 7) is 2.04. The van der Waals surface area contributed by atoms with Crippen molar-refractivity contribution in [2.75, 3.05) is 37.4 Å². The molecular formula is C31H37N5O3S. The highest BCUT2D eigenvalue weighted by Gasteiger charge is 2.23. The van der Waals surface area contributed by atoms with Crippen LogP contribution in [0.25, 0.3) is 10.9 Å². The van der Waals surface area contributed by atoms with Gasteiger partial charge in [0.1, 0.15) is 11.6 Å². The molecule has 9 heteroatoms. The van der Waals surface area contributed by atoms with Gasteiger partial charge in [0.25, 0.3) is 0 Å². The first-order chi connectivity index (χ1) is 19.5. The molecule has 3 aromatic carbocycles. The normalized spacial score (nSPS) is 17.4. The van der Waals surface area contributed by atoms with Crippen LogP contribution in [0.4, 0.5) is 11.8 Å². The molecule has 1 aliphatic carbocycles. The topological polar surface area (TPSA) is 105 Å². The number of sulfonamides is 1. The standard InChI is InChI=1S/C31H37N5O3S/c1-39-26-17-15-23(16-18-26)19-20-32-30-28-9-5-6-10-29(28)35-31(36-30)33-21-24-11-13-25(14-12-24)22-34-40(37,38)27-7-3-2-4-8-27/h2-10,15-18,24-25,34H,11-14,19-22H2,1H3,(H2,32,33,35,36). The number of benzene rings is 3. The van der Waals surface area contributed by atoms with E-state index in [1.54, 1.807) is 31.4 Å². The molecule has 1 heterocycles. The van der Waals surface area contributed by atoms with Gasteiger partial charge in [-0.3, -0.25) is 0 Å². The molecule has 0 atom stereocenters. The predicted octanol–water partition coefficient (Wildman–Crippen LogP) is 5.49. The largest absolute Gasteiger partial charge is 0.497 e. The Bertz CT molecular complexity index is 1490. The lowest BCUT2D eigenvalue weighted by Gasteiger charge is -2.28. The van der Waals surface area contributed by atoms with E-state index in [0.29, 0.717) is 29.2 Å². The van der Waals surface area contributed by atoms with Crippen molar-refractivity contribution < 1.29 is 13.2 Å². The zero-order chi connectivity index (χ0) is 27.8. The van der Waals surface area contributed by atoms with E-state index in [4.69, 9.17) is 14.7 Å². The number of para-hydroxylation sites is 1. The third kappa shape index (κ3) is 7.28. The lowest BCUT2D eigenvalue weighted by atomic mass is 9.82. The lowest BCUT2D eigenvalue weighted by Crippen LogP contribution is -2.32. The van der Waals surface area contributed by atoms with E-state index in [9.17, 15) is 8.42 Å². The highest BCUT2D eigenvalue weighted by Crippen LogP contribution is 2.29. The summed E-state index contributed by atoms with van der Waals surface area (Å²) in [7, 11) is -1.78. The molecule has 0 unspecified atom stereocenters. The maximum Gasteiger partial charge on any atom is 0.240 e. The molecule has 0 bridgehead atoms. The molecule has 8 nitrogen and oxygen atoms in total. The van der Waals surface area contributed by atoms with E-state index in [2.05, 4.69) is 27.5 Å². The van der Waals surface area contributed by atoms with Crippen LogP contribution in [-0.4, -0.2) is 45.1 Å². The van der Waals surface area contributed by atoms with E-state index in [0.717, 1.165) is 67.7 Å². The number of methoxy groups -OCH3 is 1. The van der Waals surface area contributed by atoms with E-state index in [1.165, 1.54) is 5.56 Å². The van der Waals surface area contributed by atoms with Gasteiger partial charge in [0.05, 0.1) is 17.5 Å². The molecular weight excluding hydrogens is 522 g/mol. The minimum atomic E-state index is -3.46. The maximum absolute atomic E-state index is 12.5. The summed E-state index contributed by atoms with van der Waals surface area (Å²) in [6.07, 6.45) is 4.97. The monoisotopic (exact) mass is 559 g/mol. The minimum Gasteiger partial charge on any atom is -0.497 e. The lowest BCUT2D eigenvalue weighted by molar-refractivity contribution is 0.284. The molecule has 40 heavy (non-hydrogen) atoms. The predicted molar refractivity (Wildman–Crippen MR) is 160 cm³/mol. The Labute approximate surface area is 236 Å². The summed E-state index contributed by atoms with van der Waals surface area (Å²) in [4.78, 5) is 9.88. The Kier molecular flexibility index (Phi) is 9.13. The highest BCUT2D eigenvalue weighted by atomic mass is 32.2. The number of hydrogen-bond donors (Lipinski definition) is 3. The smallest absolute Gasteiger partial charge is 0.240 e. The molecule has 0 amide bonds. The summed E-state index contributed by atoms with van der Waals surface area (Å²) in [6, 6.07) is 24.7. The van der Waals surface area contributed by atoms with E-state index in [1.807, 2.05) is 42.5 Å². The summed E-state index contributed by atoms with van der Waals surface area (Å²) in [5, 5.41) is 7.98. The van der Waals surface area contributed by atoms with E-state index in [-0.39, 0.29) is 0 Å². The van der Waals surface area contributed by atoms with E-state index < -0.39 is 10.0 Å². The molecule has 0 saturated heterocycles.